The zero-order chi connectivity index (χ0) is 24.3. The third-order valence-electron chi connectivity index (χ3n) is 7.15. The van der Waals surface area contributed by atoms with Crippen LogP contribution >= 0.6 is 0 Å². The number of benzene rings is 2. The van der Waals surface area contributed by atoms with Crippen molar-refractivity contribution >= 4 is 18.0 Å². The molecule has 2 aliphatic rings. The Bertz CT molecular complexity index is 1040. The molecule has 34 heavy (non-hydrogen) atoms. The van der Waals surface area contributed by atoms with Crippen LogP contribution in [-0.2, 0) is 14.3 Å². The lowest BCUT2D eigenvalue weighted by Gasteiger charge is -2.40. The molecule has 0 aromatic heterocycles. The van der Waals surface area contributed by atoms with Crippen molar-refractivity contribution in [3.05, 3.63) is 59.7 Å². The number of carboxylic acid groups (broad SMARTS) is 1. The van der Waals surface area contributed by atoms with Crippen LogP contribution in [0.25, 0.3) is 11.1 Å². The molecule has 0 bridgehead atoms. The number of aliphatic hydroxyl groups is 1. The molecule has 1 saturated carbocycles. The van der Waals surface area contributed by atoms with Gasteiger partial charge in [0.05, 0.1) is 12.0 Å². The van der Waals surface area contributed by atoms with Gasteiger partial charge in [-0.2, -0.15) is 0 Å². The van der Waals surface area contributed by atoms with Gasteiger partial charge in [-0.3, -0.25) is 4.79 Å². The average molecular weight is 467 g/mol. The van der Waals surface area contributed by atoms with Crippen molar-refractivity contribution in [2.24, 2.45) is 5.41 Å². The zero-order valence-corrected chi connectivity index (χ0v) is 19.1. The molecule has 2 aliphatic carbocycles. The molecule has 0 spiro atoms. The molecule has 8 heteroatoms. The number of alkyl carbamates (subject to hydrolysis) is 1. The third-order valence-corrected chi connectivity index (χ3v) is 7.15. The molecule has 0 aliphatic heterocycles. The highest BCUT2D eigenvalue weighted by molar-refractivity contribution is 5.88. The smallest absolute Gasteiger partial charge is 0.407 e. The number of carboxylic acids is 1. The third kappa shape index (κ3) is 4.50. The minimum absolute atomic E-state index is 0.0694. The number of aliphatic hydroxyl groups excluding tert-OH is 1. The van der Waals surface area contributed by atoms with Gasteiger partial charge in [-0.1, -0.05) is 61.4 Å². The molecule has 3 atom stereocenters. The standard InChI is InChI=1S/C26H30N2O6/c1-26(24(32)27-21(14-29)23(30)31)13-7-6-12-22(26)28-25(33)34-15-20-18-10-4-2-8-16(18)17-9-3-5-11-19(17)20/h2-5,8-11,20-22,29H,6-7,12-15H2,1H3,(H,27,32)(H,28,33)(H,30,31). The van der Waals surface area contributed by atoms with Gasteiger partial charge in [-0.15, -0.1) is 0 Å². The molecule has 4 rings (SSSR count). The summed E-state index contributed by atoms with van der Waals surface area (Å²) in [5.41, 5.74) is 3.50. The topological polar surface area (TPSA) is 125 Å². The van der Waals surface area contributed by atoms with Gasteiger partial charge in [-0.25, -0.2) is 9.59 Å². The van der Waals surface area contributed by atoms with E-state index in [4.69, 9.17) is 9.84 Å². The first kappa shape index (κ1) is 23.8. The number of ether oxygens (including phenoxy) is 1. The van der Waals surface area contributed by atoms with E-state index in [0.29, 0.717) is 12.8 Å². The van der Waals surface area contributed by atoms with Crippen molar-refractivity contribution in [2.75, 3.05) is 13.2 Å². The van der Waals surface area contributed by atoms with Crippen LogP contribution in [0.3, 0.4) is 0 Å². The summed E-state index contributed by atoms with van der Waals surface area (Å²) < 4.78 is 5.64. The monoisotopic (exact) mass is 466 g/mol. The lowest BCUT2D eigenvalue weighted by Crippen LogP contribution is -2.58. The maximum atomic E-state index is 12.9. The number of aliphatic carboxylic acids is 1. The maximum Gasteiger partial charge on any atom is 0.407 e. The molecule has 1 fully saturated rings. The second-order valence-corrected chi connectivity index (χ2v) is 9.23. The first-order chi connectivity index (χ1) is 16.3. The molecular weight excluding hydrogens is 436 g/mol. The molecule has 0 heterocycles. The quantitative estimate of drug-likeness (QED) is 0.497. The highest BCUT2D eigenvalue weighted by Crippen LogP contribution is 2.44. The lowest BCUT2D eigenvalue weighted by molar-refractivity contribution is -0.145. The Morgan fingerprint density at radius 2 is 1.68 bits per heavy atom. The van der Waals surface area contributed by atoms with Crippen molar-refractivity contribution in [1.29, 1.82) is 0 Å². The predicted octanol–water partition coefficient (Wildman–Crippen LogP) is 3.04. The van der Waals surface area contributed by atoms with Crippen molar-refractivity contribution < 1.29 is 29.3 Å². The normalized spacial score (nSPS) is 22.2. The fourth-order valence-corrected chi connectivity index (χ4v) is 5.13. The van der Waals surface area contributed by atoms with Crippen LogP contribution in [0, 0.1) is 5.41 Å². The molecule has 180 valence electrons. The van der Waals surface area contributed by atoms with Crippen LogP contribution in [-0.4, -0.2) is 53.5 Å². The number of amides is 2. The van der Waals surface area contributed by atoms with Gasteiger partial charge in [0.2, 0.25) is 5.91 Å². The van der Waals surface area contributed by atoms with Crippen molar-refractivity contribution in [3.63, 3.8) is 0 Å². The summed E-state index contributed by atoms with van der Waals surface area (Å²) in [5, 5.41) is 23.7. The van der Waals surface area contributed by atoms with Crippen LogP contribution in [0.15, 0.2) is 48.5 Å². The summed E-state index contributed by atoms with van der Waals surface area (Å²) in [6.07, 6.45) is 2.07. The van der Waals surface area contributed by atoms with Crippen LogP contribution < -0.4 is 10.6 Å². The highest BCUT2D eigenvalue weighted by atomic mass is 16.5. The summed E-state index contributed by atoms with van der Waals surface area (Å²) in [4.78, 5) is 37.0. The molecule has 2 amide bonds. The number of fused-ring (bicyclic) bond motifs is 3. The van der Waals surface area contributed by atoms with Crippen LogP contribution in [0.4, 0.5) is 4.79 Å². The van der Waals surface area contributed by atoms with Gasteiger partial charge in [0.15, 0.2) is 0 Å². The van der Waals surface area contributed by atoms with E-state index in [1.54, 1.807) is 6.92 Å². The fourth-order valence-electron chi connectivity index (χ4n) is 5.13. The zero-order valence-electron chi connectivity index (χ0n) is 19.1. The van der Waals surface area contributed by atoms with E-state index in [2.05, 4.69) is 22.8 Å². The van der Waals surface area contributed by atoms with Gasteiger partial charge in [0, 0.05) is 12.0 Å². The Morgan fingerprint density at radius 3 is 2.26 bits per heavy atom. The lowest BCUT2D eigenvalue weighted by atomic mass is 9.71. The molecule has 2 aromatic rings. The fraction of sp³-hybridized carbons (Fsp3) is 0.423. The molecule has 8 nitrogen and oxygen atoms in total. The van der Waals surface area contributed by atoms with E-state index in [1.807, 2.05) is 36.4 Å². The summed E-state index contributed by atoms with van der Waals surface area (Å²) in [6, 6.07) is 14.3. The summed E-state index contributed by atoms with van der Waals surface area (Å²) in [6.45, 7) is 1.18. The Morgan fingerprint density at radius 1 is 1.06 bits per heavy atom. The summed E-state index contributed by atoms with van der Waals surface area (Å²) in [7, 11) is 0. The van der Waals surface area contributed by atoms with Gasteiger partial charge in [0.25, 0.3) is 0 Å². The number of carbonyl (C=O) groups is 3. The SMILES string of the molecule is CC1(C(=O)NC(CO)C(=O)O)CCCCC1NC(=O)OCC1c2ccccc2-c2ccccc21. The first-order valence-corrected chi connectivity index (χ1v) is 11.6. The highest BCUT2D eigenvalue weighted by Gasteiger charge is 2.45. The van der Waals surface area contributed by atoms with E-state index in [9.17, 15) is 19.5 Å². The second-order valence-electron chi connectivity index (χ2n) is 9.23. The van der Waals surface area contributed by atoms with E-state index < -0.39 is 42.1 Å². The van der Waals surface area contributed by atoms with Gasteiger partial charge < -0.3 is 25.6 Å². The van der Waals surface area contributed by atoms with E-state index >= 15 is 0 Å². The molecule has 3 unspecified atom stereocenters. The van der Waals surface area contributed by atoms with Crippen molar-refractivity contribution in [3.8, 4) is 11.1 Å². The Balaban J connectivity index is 1.43. The second kappa shape index (κ2) is 9.85. The number of rotatable bonds is 7. The van der Waals surface area contributed by atoms with E-state index in [0.717, 1.165) is 35.1 Å². The first-order valence-electron chi connectivity index (χ1n) is 11.6. The minimum Gasteiger partial charge on any atom is -0.480 e. The van der Waals surface area contributed by atoms with Crippen molar-refractivity contribution in [1.82, 2.24) is 10.6 Å². The van der Waals surface area contributed by atoms with Gasteiger partial charge in [0.1, 0.15) is 12.6 Å². The summed E-state index contributed by atoms with van der Waals surface area (Å²) in [5.74, 6) is -1.88. The predicted molar refractivity (Wildman–Crippen MR) is 125 cm³/mol. The average Bonchev–Trinajstić information content (AvgIpc) is 3.16. The largest absolute Gasteiger partial charge is 0.480 e. The molecule has 4 N–H and O–H groups in total. The number of hydrogen-bond donors (Lipinski definition) is 4. The molecular formula is C26H30N2O6. The number of nitrogens with one attached hydrogen (secondary N) is 2. The Kier molecular flexibility index (Phi) is 6.88. The number of carbonyl (C=O) groups excluding carboxylic acids is 2. The Labute approximate surface area is 198 Å². The van der Waals surface area contributed by atoms with Gasteiger partial charge in [-0.05, 0) is 42.0 Å². The van der Waals surface area contributed by atoms with E-state index in [1.165, 1.54) is 0 Å². The molecule has 0 radical (unpaired) electrons. The molecule has 0 saturated heterocycles. The van der Waals surface area contributed by atoms with Crippen LogP contribution in [0.1, 0.15) is 49.7 Å². The van der Waals surface area contributed by atoms with Gasteiger partial charge >= 0.3 is 12.1 Å². The van der Waals surface area contributed by atoms with Crippen LogP contribution in [0.5, 0.6) is 0 Å². The van der Waals surface area contributed by atoms with Crippen molar-refractivity contribution in [2.45, 2.75) is 50.6 Å². The molecule has 2 aromatic carbocycles. The van der Waals surface area contributed by atoms with Crippen LogP contribution in [0.2, 0.25) is 0 Å². The Hall–Kier alpha value is -3.39. The van der Waals surface area contributed by atoms with E-state index in [-0.39, 0.29) is 12.5 Å². The minimum atomic E-state index is -1.39. The maximum absolute atomic E-state index is 12.9. The summed E-state index contributed by atoms with van der Waals surface area (Å²) >= 11 is 0. The number of hydrogen-bond acceptors (Lipinski definition) is 5.